The van der Waals surface area contributed by atoms with Crippen molar-refractivity contribution in [2.45, 2.75) is 52.5 Å². The smallest absolute Gasteiger partial charge is 0.253 e. The lowest BCUT2D eigenvalue weighted by Crippen LogP contribution is -2.28. The molecule has 3 N–H and O–H groups in total. The number of aryl methyl sites for hydroxylation is 4. The maximum atomic E-state index is 12.9. The van der Waals surface area contributed by atoms with Gasteiger partial charge in [0, 0.05) is 28.9 Å². The van der Waals surface area contributed by atoms with E-state index in [0.29, 0.717) is 11.1 Å². The van der Waals surface area contributed by atoms with Crippen molar-refractivity contribution in [3.8, 4) is 0 Å². The number of para-hydroxylation sites is 1. The third-order valence-electron chi connectivity index (χ3n) is 5.55. The lowest BCUT2D eigenvalue weighted by Gasteiger charge is -2.09. The monoisotopic (exact) mass is 363 g/mol. The second-order valence-electron chi connectivity index (χ2n) is 7.50. The molecule has 2 heterocycles. The molecule has 2 aromatic heterocycles. The van der Waals surface area contributed by atoms with Gasteiger partial charge in [-0.3, -0.25) is 9.59 Å². The molecule has 0 bridgehead atoms. The predicted octanol–water partition coefficient (Wildman–Crippen LogP) is 3.67. The molecular formula is C22H25N3O2. The third kappa shape index (κ3) is 3.29. The SMILES string of the molecule is Cc1cc(C)c(CNC(=O)c2cccc3c4c([nH]c23)CCCCC4)c(=O)[nH]1. The van der Waals surface area contributed by atoms with Crippen LogP contribution in [0.4, 0.5) is 0 Å². The number of aromatic amines is 2. The Kier molecular flexibility index (Phi) is 4.60. The molecule has 0 spiro atoms. The molecule has 0 saturated heterocycles. The Hall–Kier alpha value is -2.82. The Morgan fingerprint density at radius 3 is 2.74 bits per heavy atom. The number of nitrogens with one attached hydrogen (secondary N) is 3. The minimum absolute atomic E-state index is 0.141. The van der Waals surface area contributed by atoms with E-state index in [2.05, 4.69) is 21.4 Å². The van der Waals surface area contributed by atoms with E-state index in [1.54, 1.807) is 0 Å². The summed E-state index contributed by atoms with van der Waals surface area (Å²) in [5.41, 5.74) is 6.36. The zero-order valence-corrected chi connectivity index (χ0v) is 15.9. The number of carbonyl (C=O) groups is 1. The van der Waals surface area contributed by atoms with Crippen LogP contribution < -0.4 is 10.9 Å². The topological polar surface area (TPSA) is 77.8 Å². The Labute approximate surface area is 158 Å². The van der Waals surface area contributed by atoms with Crippen LogP contribution in [0.2, 0.25) is 0 Å². The summed E-state index contributed by atoms with van der Waals surface area (Å²) in [6.07, 6.45) is 5.76. The zero-order chi connectivity index (χ0) is 19.0. The standard InChI is InChI=1S/C22H25N3O2/c1-13-11-14(2)24-22(27)18(13)12-23-21(26)17-9-6-8-16-15-7-4-3-5-10-19(15)25-20(16)17/h6,8-9,11,25H,3-5,7,10,12H2,1-2H3,(H,23,26)(H,24,27). The van der Waals surface area contributed by atoms with Crippen LogP contribution in [0, 0.1) is 13.8 Å². The number of aromatic nitrogens is 2. The van der Waals surface area contributed by atoms with E-state index in [1.165, 1.54) is 30.5 Å². The van der Waals surface area contributed by atoms with Crippen molar-refractivity contribution >= 4 is 16.8 Å². The van der Waals surface area contributed by atoms with Crippen molar-refractivity contribution in [3.63, 3.8) is 0 Å². The molecule has 0 fully saturated rings. The highest BCUT2D eigenvalue weighted by atomic mass is 16.1. The van der Waals surface area contributed by atoms with Gasteiger partial charge in [-0.25, -0.2) is 0 Å². The van der Waals surface area contributed by atoms with Crippen LogP contribution in [0.15, 0.2) is 29.1 Å². The first-order chi connectivity index (χ1) is 13.0. The summed E-state index contributed by atoms with van der Waals surface area (Å²) in [5.74, 6) is -0.156. The van der Waals surface area contributed by atoms with Crippen LogP contribution >= 0.6 is 0 Å². The van der Waals surface area contributed by atoms with Crippen molar-refractivity contribution in [1.29, 1.82) is 0 Å². The van der Waals surface area contributed by atoms with Crippen LogP contribution in [0.1, 0.15) is 57.7 Å². The molecule has 0 saturated carbocycles. The number of hydrogen-bond acceptors (Lipinski definition) is 2. The van der Waals surface area contributed by atoms with Crippen molar-refractivity contribution in [1.82, 2.24) is 15.3 Å². The van der Waals surface area contributed by atoms with Gasteiger partial charge < -0.3 is 15.3 Å². The van der Waals surface area contributed by atoms with Crippen LogP contribution in [0.25, 0.3) is 10.9 Å². The summed E-state index contributed by atoms with van der Waals surface area (Å²) in [6.45, 7) is 3.97. The van der Waals surface area contributed by atoms with Crippen LogP contribution in [0.3, 0.4) is 0 Å². The van der Waals surface area contributed by atoms with Gasteiger partial charge in [-0.2, -0.15) is 0 Å². The molecule has 5 heteroatoms. The highest BCUT2D eigenvalue weighted by Crippen LogP contribution is 2.30. The quantitative estimate of drug-likeness (QED) is 0.621. The summed E-state index contributed by atoms with van der Waals surface area (Å²) in [5, 5.41) is 4.08. The van der Waals surface area contributed by atoms with E-state index < -0.39 is 0 Å². The Morgan fingerprint density at radius 2 is 1.93 bits per heavy atom. The first kappa shape index (κ1) is 17.6. The summed E-state index contributed by atoms with van der Waals surface area (Å²) in [6, 6.07) is 7.81. The summed E-state index contributed by atoms with van der Waals surface area (Å²) in [4.78, 5) is 31.3. The number of benzene rings is 1. The minimum atomic E-state index is -0.156. The molecule has 4 rings (SSSR count). The van der Waals surface area contributed by atoms with Crippen molar-refractivity contribution in [3.05, 3.63) is 68.3 Å². The van der Waals surface area contributed by atoms with E-state index in [-0.39, 0.29) is 18.0 Å². The molecule has 27 heavy (non-hydrogen) atoms. The Morgan fingerprint density at radius 1 is 1.11 bits per heavy atom. The number of carbonyl (C=O) groups excluding carboxylic acids is 1. The molecular weight excluding hydrogens is 338 g/mol. The van der Waals surface area contributed by atoms with Crippen molar-refractivity contribution in [2.75, 3.05) is 0 Å². The summed E-state index contributed by atoms with van der Waals surface area (Å²) < 4.78 is 0. The highest BCUT2D eigenvalue weighted by molar-refractivity contribution is 6.06. The Balaban J connectivity index is 1.63. The minimum Gasteiger partial charge on any atom is -0.358 e. The van der Waals surface area contributed by atoms with Gasteiger partial charge in [0.25, 0.3) is 11.5 Å². The summed E-state index contributed by atoms with van der Waals surface area (Å²) in [7, 11) is 0. The molecule has 140 valence electrons. The van der Waals surface area contributed by atoms with Gasteiger partial charge in [0.15, 0.2) is 0 Å². The van der Waals surface area contributed by atoms with E-state index in [1.807, 2.05) is 32.0 Å². The number of fused-ring (bicyclic) bond motifs is 3. The first-order valence-electron chi connectivity index (χ1n) is 9.64. The normalized spacial score (nSPS) is 14.0. The molecule has 5 nitrogen and oxygen atoms in total. The Bertz CT molecular complexity index is 1080. The maximum absolute atomic E-state index is 12.9. The van der Waals surface area contributed by atoms with Gasteiger partial charge in [-0.1, -0.05) is 18.6 Å². The molecule has 1 aliphatic carbocycles. The van der Waals surface area contributed by atoms with Crippen LogP contribution in [-0.4, -0.2) is 15.9 Å². The predicted molar refractivity (Wildman–Crippen MR) is 107 cm³/mol. The van der Waals surface area contributed by atoms with E-state index in [9.17, 15) is 9.59 Å². The first-order valence-corrected chi connectivity index (χ1v) is 9.64. The number of hydrogen-bond donors (Lipinski definition) is 3. The number of amides is 1. The van der Waals surface area contributed by atoms with Crippen molar-refractivity contribution in [2.24, 2.45) is 0 Å². The van der Waals surface area contributed by atoms with Crippen LogP contribution in [-0.2, 0) is 19.4 Å². The number of pyridine rings is 1. The molecule has 1 aromatic carbocycles. The van der Waals surface area contributed by atoms with Gasteiger partial charge >= 0.3 is 0 Å². The summed E-state index contributed by atoms with van der Waals surface area (Å²) >= 11 is 0. The molecule has 1 amide bonds. The average molecular weight is 363 g/mol. The van der Waals surface area contributed by atoms with Crippen LogP contribution in [0.5, 0.6) is 0 Å². The van der Waals surface area contributed by atoms with Gasteiger partial charge in [-0.05, 0) is 62.8 Å². The third-order valence-corrected chi connectivity index (χ3v) is 5.55. The van der Waals surface area contributed by atoms with Crippen molar-refractivity contribution < 1.29 is 4.79 Å². The molecule has 0 aliphatic heterocycles. The van der Waals surface area contributed by atoms with E-state index in [4.69, 9.17) is 0 Å². The largest absolute Gasteiger partial charge is 0.358 e. The maximum Gasteiger partial charge on any atom is 0.253 e. The highest BCUT2D eigenvalue weighted by Gasteiger charge is 2.19. The number of rotatable bonds is 3. The second-order valence-corrected chi connectivity index (χ2v) is 7.50. The average Bonchev–Trinajstić information content (AvgIpc) is 2.82. The number of H-pyrrole nitrogens is 2. The molecule has 3 aromatic rings. The van der Waals surface area contributed by atoms with E-state index in [0.717, 1.165) is 35.0 Å². The van der Waals surface area contributed by atoms with Gasteiger partial charge in [0.2, 0.25) is 0 Å². The van der Waals surface area contributed by atoms with E-state index >= 15 is 0 Å². The fraction of sp³-hybridized carbons (Fsp3) is 0.364. The molecule has 0 atom stereocenters. The molecule has 0 unspecified atom stereocenters. The fourth-order valence-corrected chi connectivity index (χ4v) is 4.16. The van der Waals surface area contributed by atoms with Gasteiger partial charge in [0.05, 0.1) is 11.1 Å². The molecule has 1 aliphatic rings. The zero-order valence-electron chi connectivity index (χ0n) is 15.9. The van der Waals surface area contributed by atoms with Gasteiger partial charge in [0.1, 0.15) is 0 Å². The van der Waals surface area contributed by atoms with Gasteiger partial charge in [-0.15, -0.1) is 0 Å². The fourth-order valence-electron chi connectivity index (χ4n) is 4.16. The second kappa shape index (κ2) is 7.06. The lowest BCUT2D eigenvalue weighted by molar-refractivity contribution is 0.0952. The lowest BCUT2D eigenvalue weighted by atomic mass is 10.0. The molecule has 0 radical (unpaired) electrons.